The normalized spacial score (nSPS) is 11.3. The van der Waals surface area contributed by atoms with Crippen LogP contribution in [0.5, 0.6) is 0 Å². The Morgan fingerprint density at radius 1 is 0.933 bits per heavy atom. The number of thiazole rings is 1. The molecule has 3 aromatic carbocycles. The van der Waals surface area contributed by atoms with E-state index in [1.54, 1.807) is 11.3 Å². The van der Waals surface area contributed by atoms with Gasteiger partial charge in [0, 0.05) is 34.6 Å². The topological polar surface area (TPSA) is 42.2 Å². The van der Waals surface area contributed by atoms with Crippen LogP contribution >= 0.6 is 11.3 Å². The fourth-order valence-corrected chi connectivity index (χ4v) is 4.11. The fraction of sp³-hybridized carbons (Fsp3) is 0.0400. The average molecular weight is 409 g/mol. The van der Waals surface area contributed by atoms with Gasteiger partial charge in [-0.1, -0.05) is 66.7 Å². The van der Waals surface area contributed by atoms with Crippen LogP contribution in [0.4, 0.5) is 5.13 Å². The molecule has 2 heterocycles. The summed E-state index contributed by atoms with van der Waals surface area (Å²) in [5, 5.41) is 8.38. The lowest BCUT2D eigenvalue weighted by molar-refractivity contribution is 0.837. The van der Waals surface area contributed by atoms with E-state index in [9.17, 15) is 0 Å². The fourth-order valence-electron chi connectivity index (χ4n) is 3.45. The Hall–Kier alpha value is -3.70. The Kier molecular flexibility index (Phi) is 5.10. The summed E-state index contributed by atoms with van der Waals surface area (Å²) in [6.45, 7) is 0.868. The van der Waals surface area contributed by atoms with Crippen LogP contribution in [0.2, 0.25) is 0 Å². The van der Waals surface area contributed by atoms with E-state index in [2.05, 4.69) is 86.9 Å². The van der Waals surface area contributed by atoms with E-state index in [1.807, 2.05) is 35.9 Å². The number of hydrazone groups is 1. The molecular formula is C25H20N4S. The Balaban J connectivity index is 1.28. The number of fused-ring (bicyclic) bond motifs is 1. The lowest BCUT2D eigenvalue weighted by atomic mass is 10.1. The Morgan fingerprint density at radius 3 is 2.57 bits per heavy atom. The third kappa shape index (κ3) is 4.02. The van der Waals surface area contributed by atoms with Crippen LogP contribution in [0.25, 0.3) is 22.2 Å². The predicted molar refractivity (Wildman–Crippen MR) is 126 cm³/mol. The molecule has 0 radical (unpaired) electrons. The summed E-state index contributed by atoms with van der Waals surface area (Å²) in [6.07, 6.45) is 3.97. The van der Waals surface area contributed by atoms with Gasteiger partial charge in [0.05, 0.1) is 11.9 Å². The highest BCUT2D eigenvalue weighted by molar-refractivity contribution is 7.14. The zero-order valence-electron chi connectivity index (χ0n) is 16.3. The first kappa shape index (κ1) is 18.3. The SMILES string of the molecule is C(=NNc1nc(-c2ccccc2)cs1)c1ccc2c(ccn2Cc2ccccc2)c1. The van der Waals surface area contributed by atoms with Gasteiger partial charge in [0.15, 0.2) is 0 Å². The number of nitrogens with one attached hydrogen (secondary N) is 1. The quantitative estimate of drug-likeness (QED) is 0.266. The van der Waals surface area contributed by atoms with Crippen LogP contribution in [0.1, 0.15) is 11.1 Å². The molecule has 1 N–H and O–H groups in total. The number of hydrogen-bond donors (Lipinski definition) is 1. The van der Waals surface area contributed by atoms with Crippen molar-refractivity contribution in [2.75, 3.05) is 5.43 Å². The molecule has 0 aliphatic heterocycles. The van der Waals surface area contributed by atoms with Crippen molar-refractivity contribution in [1.29, 1.82) is 0 Å². The third-order valence-electron chi connectivity index (χ3n) is 4.94. The van der Waals surface area contributed by atoms with Crippen molar-refractivity contribution in [2.45, 2.75) is 6.54 Å². The van der Waals surface area contributed by atoms with Crippen LogP contribution < -0.4 is 5.43 Å². The molecule has 0 saturated carbocycles. The van der Waals surface area contributed by atoms with E-state index in [0.29, 0.717) is 0 Å². The minimum absolute atomic E-state index is 0.778. The maximum atomic E-state index is 4.60. The molecule has 0 amide bonds. The van der Waals surface area contributed by atoms with Crippen molar-refractivity contribution >= 4 is 33.6 Å². The van der Waals surface area contributed by atoms with Crippen molar-refractivity contribution < 1.29 is 0 Å². The van der Waals surface area contributed by atoms with E-state index < -0.39 is 0 Å². The van der Waals surface area contributed by atoms with Crippen LogP contribution in [0.15, 0.2) is 102 Å². The van der Waals surface area contributed by atoms with Gasteiger partial charge < -0.3 is 4.57 Å². The van der Waals surface area contributed by atoms with Gasteiger partial charge in [-0.3, -0.25) is 5.43 Å². The second-order valence-electron chi connectivity index (χ2n) is 7.02. The third-order valence-corrected chi connectivity index (χ3v) is 5.69. The first-order valence-electron chi connectivity index (χ1n) is 9.78. The van der Waals surface area contributed by atoms with E-state index in [4.69, 9.17) is 0 Å². The maximum Gasteiger partial charge on any atom is 0.203 e. The lowest BCUT2D eigenvalue weighted by Gasteiger charge is -2.06. The molecule has 2 aromatic heterocycles. The summed E-state index contributed by atoms with van der Waals surface area (Å²) >= 11 is 1.55. The summed E-state index contributed by atoms with van der Waals surface area (Å²) in [6, 6.07) is 29.2. The standard InChI is InChI=1S/C25H20N4S/c1-3-7-19(8-4-1)17-29-14-13-22-15-20(11-12-24(22)29)16-26-28-25-27-23(18-30-25)21-9-5-2-6-10-21/h1-16,18H,17H2,(H,27,28). The van der Waals surface area contributed by atoms with Crippen molar-refractivity contribution in [3.8, 4) is 11.3 Å². The van der Waals surface area contributed by atoms with Gasteiger partial charge in [-0.15, -0.1) is 11.3 Å². The lowest BCUT2D eigenvalue weighted by Crippen LogP contribution is -1.97. The minimum atomic E-state index is 0.778. The van der Waals surface area contributed by atoms with Crippen molar-refractivity contribution in [3.63, 3.8) is 0 Å². The van der Waals surface area contributed by atoms with Crippen LogP contribution in [0.3, 0.4) is 0 Å². The Morgan fingerprint density at radius 2 is 1.73 bits per heavy atom. The molecule has 0 atom stereocenters. The van der Waals surface area contributed by atoms with Gasteiger partial charge in [-0.25, -0.2) is 4.98 Å². The molecule has 0 bridgehead atoms. The molecule has 0 saturated heterocycles. The number of benzene rings is 3. The second-order valence-corrected chi connectivity index (χ2v) is 7.88. The van der Waals surface area contributed by atoms with Crippen LogP contribution in [-0.4, -0.2) is 15.8 Å². The summed E-state index contributed by atoms with van der Waals surface area (Å²) < 4.78 is 2.27. The van der Waals surface area contributed by atoms with E-state index in [0.717, 1.165) is 28.5 Å². The van der Waals surface area contributed by atoms with E-state index in [1.165, 1.54) is 16.5 Å². The van der Waals surface area contributed by atoms with Crippen molar-refractivity contribution in [2.24, 2.45) is 5.10 Å². The minimum Gasteiger partial charge on any atom is -0.343 e. The molecule has 30 heavy (non-hydrogen) atoms. The molecular weight excluding hydrogens is 388 g/mol. The molecule has 0 aliphatic carbocycles. The molecule has 0 spiro atoms. The van der Waals surface area contributed by atoms with Gasteiger partial charge in [0.2, 0.25) is 5.13 Å². The smallest absolute Gasteiger partial charge is 0.203 e. The molecule has 4 nitrogen and oxygen atoms in total. The summed E-state index contributed by atoms with van der Waals surface area (Å²) in [4.78, 5) is 4.60. The molecule has 0 aliphatic rings. The maximum absolute atomic E-state index is 4.60. The van der Waals surface area contributed by atoms with Gasteiger partial charge in [0.1, 0.15) is 0 Å². The summed E-state index contributed by atoms with van der Waals surface area (Å²) in [5.74, 6) is 0. The van der Waals surface area contributed by atoms with E-state index in [-0.39, 0.29) is 0 Å². The van der Waals surface area contributed by atoms with Gasteiger partial charge in [-0.05, 0) is 29.3 Å². The highest BCUT2D eigenvalue weighted by Gasteiger charge is 2.04. The molecule has 5 heteroatoms. The van der Waals surface area contributed by atoms with E-state index >= 15 is 0 Å². The molecule has 146 valence electrons. The second kappa shape index (κ2) is 8.35. The number of aromatic nitrogens is 2. The summed E-state index contributed by atoms with van der Waals surface area (Å²) in [5.41, 5.74) is 8.67. The number of nitrogens with zero attached hydrogens (tertiary/aromatic N) is 3. The number of anilines is 1. The van der Waals surface area contributed by atoms with Crippen LogP contribution in [0, 0.1) is 0 Å². The van der Waals surface area contributed by atoms with Gasteiger partial charge >= 0.3 is 0 Å². The Bertz CT molecular complexity index is 1290. The van der Waals surface area contributed by atoms with Gasteiger partial charge in [-0.2, -0.15) is 5.10 Å². The Labute approximate surface area is 179 Å². The van der Waals surface area contributed by atoms with Crippen molar-refractivity contribution in [1.82, 2.24) is 9.55 Å². The highest BCUT2D eigenvalue weighted by atomic mass is 32.1. The largest absolute Gasteiger partial charge is 0.343 e. The van der Waals surface area contributed by atoms with Crippen molar-refractivity contribution in [3.05, 3.63) is 108 Å². The average Bonchev–Trinajstić information content (AvgIpc) is 3.42. The predicted octanol–water partition coefficient (Wildman–Crippen LogP) is 6.26. The number of hydrogen-bond acceptors (Lipinski definition) is 4. The van der Waals surface area contributed by atoms with Gasteiger partial charge in [0.25, 0.3) is 0 Å². The first-order chi connectivity index (χ1) is 14.8. The first-order valence-corrected chi connectivity index (χ1v) is 10.7. The zero-order chi connectivity index (χ0) is 20.2. The molecule has 5 aromatic rings. The molecule has 0 unspecified atom stereocenters. The monoisotopic (exact) mass is 408 g/mol. The summed E-state index contributed by atoms with van der Waals surface area (Å²) in [7, 11) is 0. The molecule has 0 fully saturated rings. The number of rotatable bonds is 6. The van der Waals surface area contributed by atoms with Crippen LogP contribution in [-0.2, 0) is 6.54 Å². The molecule has 5 rings (SSSR count). The zero-order valence-corrected chi connectivity index (χ0v) is 17.1. The highest BCUT2D eigenvalue weighted by Crippen LogP contribution is 2.24.